The molecule has 1 saturated heterocycles. The molecule has 0 atom stereocenters. The van der Waals surface area contributed by atoms with Crippen molar-refractivity contribution in [2.24, 2.45) is 0 Å². The van der Waals surface area contributed by atoms with Gasteiger partial charge in [0.2, 0.25) is 0 Å². The zero-order valence-corrected chi connectivity index (χ0v) is 20.2. The minimum atomic E-state index is -0.215. The van der Waals surface area contributed by atoms with E-state index >= 15 is 0 Å². The number of amides is 1. The van der Waals surface area contributed by atoms with E-state index in [1.807, 2.05) is 30.3 Å². The maximum absolute atomic E-state index is 13.2. The van der Waals surface area contributed by atoms with Crippen molar-refractivity contribution in [3.63, 3.8) is 0 Å². The van der Waals surface area contributed by atoms with Crippen LogP contribution in [0.15, 0.2) is 48.5 Å². The van der Waals surface area contributed by atoms with Gasteiger partial charge in [-0.05, 0) is 43.3 Å². The molecule has 2 heterocycles. The van der Waals surface area contributed by atoms with Gasteiger partial charge >= 0.3 is 0 Å². The zero-order chi connectivity index (χ0) is 23.9. The number of para-hydroxylation sites is 1. The van der Waals surface area contributed by atoms with Crippen LogP contribution >= 0.6 is 11.6 Å². The van der Waals surface area contributed by atoms with E-state index in [4.69, 9.17) is 30.9 Å². The summed E-state index contributed by atoms with van der Waals surface area (Å²) in [7, 11) is 3.19. The van der Waals surface area contributed by atoms with Crippen LogP contribution in [0.3, 0.4) is 0 Å². The van der Waals surface area contributed by atoms with Crippen LogP contribution in [0.2, 0.25) is 5.02 Å². The Morgan fingerprint density at radius 2 is 1.91 bits per heavy atom. The maximum Gasteiger partial charge on any atom is 0.270 e. The highest BCUT2D eigenvalue weighted by Gasteiger charge is 2.21. The van der Waals surface area contributed by atoms with Gasteiger partial charge in [-0.15, -0.1) is 0 Å². The molecule has 9 heteroatoms. The lowest BCUT2D eigenvalue weighted by Gasteiger charge is -2.26. The van der Waals surface area contributed by atoms with Gasteiger partial charge in [-0.3, -0.25) is 9.69 Å². The van der Waals surface area contributed by atoms with Gasteiger partial charge in [0.05, 0.1) is 43.8 Å². The number of carbonyl (C=O) groups is 1. The molecule has 180 valence electrons. The Balaban J connectivity index is 1.58. The summed E-state index contributed by atoms with van der Waals surface area (Å²) < 4.78 is 17.8. The van der Waals surface area contributed by atoms with Crippen molar-refractivity contribution in [1.29, 1.82) is 0 Å². The summed E-state index contributed by atoms with van der Waals surface area (Å²) in [6.45, 7) is 4.87. The van der Waals surface area contributed by atoms with Gasteiger partial charge in [-0.1, -0.05) is 23.7 Å². The largest absolute Gasteiger partial charge is 0.497 e. The number of hydrogen-bond donors (Lipinski definition) is 1. The molecule has 1 N–H and O–H groups in total. The molecule has 2 aromatic carbocycles. The molecule has 0 radical (unpaired) electrons. The van der Waals surface area contributed by atoms with Gasteiger partial charge in [-0.25, -0.2) is 4.68 Å². The van der Waals surface area contributed by atoms with Crippen LogP contribution in [0, 0.1) is 0 Å². The van der Waals surface area contributed by atoms with E-state index in [9.17, 15) is 4.79 Å². The zero-order valence-electron chi connectivity index (χ0n) is 19.4. The lowest BCUT2D eigenvalue weighted by Crippen LogP contribution is -2.38. The van der Waals surface area contributed by atoms with Crippen molar-refractivity contribution in [3.8, 4) is 28.4 Å². The van der Waals surface area contributed by atoms with E-state index < -0.39 is 0 Å². The Labute approximate surface area is 204 Å². The SMILES string of the molecule is COc1ccc(-c2cc(C(=O)NCCCN3CCOCC3)n(-c3ccccc3Cl)n2)c(OC)c1. The molecule has 1 aliphatic rings. The molecule has 0 spiro atoms. The average Bonchev–Trinajstić information content (AvgIpc) is 3.32. The second-order valence-electron chi connectivity index (χ2n) is 7.91. The maximum atomic E-state index is 13.2. The predicted molar refractivity (Wildman–Crippen MR) is 131 cm³/mol. The summed E-state index contributed by atoms with van der Waals surface area (Å²) in [5.41, 5.74) is 2.36. The standard InChI is InChI=1S/C25H29ClN4O4/c1-32-18-8-9-19(24(16-18)33-2)21-17-23(30(28-21)22-7-4-3-6-20(22)26)25(31)27-10-5-11-29-12-14-34-15-13-29/h3-4,6-9,16-17H,5,10-15H2,1-2H3,(H,27,31). The second kappa shape index (κ2) is 11.4. The van der Waals surface area contributed by atoms with Gasteiger partial charge in [0.1, 0.15) is 17.2 Å². The molecule has 0 unspecified atom stereocenters. The number of carbonyl (C=O) groups excluding carboxylic acids is 1. The fraction of sp³-hybridized carbons (Fsp3) is 0.360. The smallest absolute Gasteiger partial charge is 0.270 e. The van der Waals surface area contributed by atoms with Crippen molar-refractivity contribution in [2.75, 3.05) is 53.6 Å². The molecule has 1 fully saturated rings. The first-order valence-corrected chi connectivity index (χ1v) is 11.6. The van der Waals surface area contributed by atoms with Crippen molar-refractivity contribution in [1.82, 2.24) is 20.0 Å². The molecule has 0 saturated carbocycles. The third kappa shape index (κ3) is 5.52. The van der Waals surface area contributed by atoms with E-state index in [1.165, 1.54) is 0 Å². The van der Waals surface area contributed by atoms with Gasteiger partial charge < -0.3 is 19.5 Å². The minimum Gasteiger partial charge on any atom is -0.497 e. The van der Waals surface area contributed by atoms with Crippen molar-refractivity contribution in [3.05, 3.63) is 59.2 Å². The third-order valence-electron chi connectivity index (χ3n) is 5.75. The number of morpholine rings is 1. The number of halogens is 1. The predicted octanol–water partition coefficient (Wildman–Crippen LogP) is 3.66. The number of benzene rings is 2. The van der Waals surface area contributed by atoms with E-state index in [0.717, 1.165) is 44.8 Å². The van der Waals surface area contributed by atoms with Gasteiger partial charge in [0.25, 0.3) is 5.91 Å². The highest BCUT2D eigenvalue weighted by molar-refractivity contribution is 6.32. The quantitative estimate of drug-likeness (QED) is 0.467. The van der Waals surface area contributed by atoms with Crippen molar-refractivity contribution in [2.45, 2.75) is 6.42 Å². The number of rotatable bonds is 9. The molecule has 34 heavy (non-hydrogen) atoms. The summed E-state index contributed by atoms with van der Waals surface area (Å²) in [6.07, 6.45) is 0.852. The molecule has 1 aromatic heterocycles. The van der Waals surface area contributed by atoms with E-state index in [0.29, 0.717) is 40.1 Å². The molecule has 4 rings (SSSR count). The minimum absolute atomic E-state index is 0.215. The van der Waals surface area contributed by atoms with Crippen LogP contribution in [0.4, 0.5) is 0 Å². The highest BCUT2D eigenvalue weighted by Crippen LogP contribution is 2.34. The molecule has 1 amide bonds. The molecular weight excluding hydrogens is 456 g/mol. The van der Waals surface area contributed by atoms with Crippen LogP contribution in [0.5, 0.6) is 11.5 Å². The molecule has 3 aromatic rings. The second-order valence-corrected chi connectivity index (χ2v) is 8.31. The number of nitrogens with zero attached hydrogens (tertiary/aromatic N) is 3. The summed E-state index contributed by atoms with van der Waals surface area (Å²) in [5, 5.41) is 8.25. The first kappa shape index (κ1) is 24.1. The fourth-order valence-electron chi connectivity index (χ4n) is 3.91. The first-order valence-electron chi connectivity index (χ1n) is 11.3. The molecular formula is C25H29ClN4O4. The molecule has 8 nitrogen and oxygen atoms in total. The number of methoxy groups -OCH3 is 2. The van der Waals surface area contributed by atoms with E-state index in [2.05, 4.69) is 10.2 Å². The number of ether oxygens (including phenoxy) is 3. The van der Waals surface area contributed by atoms with E-state index in [-0.39, 0.29) is 5.91 Å². The first-order chi connectivity index (χ1) is 16.6. The Bertz CT molecular complexity index is 1130. The van der Waals surface area contributed by atoms with Gasteiger partial charge in [0.15, 0.2) is 0 Å². The Kier molecular flexibility index (Phi) is 8.05. The third-order valence-corrected chi connectivity index (χ3v) is 6.07. The highest BCUT2D eigenvalue weighted by atomic mass is 35.5. The summed E-state index contributed by atoms with van der Waals surface area (Å²) in [5.74, 6) is 1.05. The average molecular weight is 485 g/mol. The van der Waals surface area contributed by atoms with Gasteiger partial charge in [-0.2, -0.15) is 5.10 Å². The molecule has 0 bridgehead atoms. The van der Waals surface area contributed by atoms with Gasteiger partial charge in [0, 0.05) is 31.3 Å². The summed E-state index contributed by atoms with van der Waals surface area (Å²) in [4.78, 5) is 15.5. The topological polar surface area (TPSA) is 77.9 Å². The summed E-state index contributed by atoms with van der Waals surface area (Å²) in [6, 6.07) is 14.5. The lowest BCUT2D eigenvalue weighted by atomic mass is 10.1. The van der Waals surface area contributed by atoms with Crippen LogP contribution in [0.1, 0.15) is 16.9 Å². The normalized spacial score (nSPS) is 14.1. The number of nitrogens with one attached hydrogen (secondary N) is 1. The number of hydrogen-bond acceptors (Lipinski definition) is 6. The Hall–Kier alpha value is -3.07. The fourth-order valence-corrected chi connectivity index (χ4v) is 4.13. The van der Waals surface area contributed by atoms with Crippen LogP contribution in [-0.4, -0.2) is 74.2 Å². The van der Waals surface area contributed by atoms with Crippen LogP contribution < -0.4 is 14.8 Å². The van der Waals surface area contributed by atoms with Crippen LogP contribution in [-0.2, 0) is 4.74 Å². The van der Waals surface area contributed by atoms with Crippen molar-refractivity contribution < 1.29 is 19.0 Å². The summed E-state index contributed by atoms with van der Waals surface area (Å²) >= 11 is 6.45. The Morgan fingerprint density at radius 3 is 2.65 bits per heavy atom. The van der Waals surface area contributed by atoms with Crippen molar-refractivity contribution >= 4 is 17.5 Å². The Morgan fingerprint density at radius 1 is 1.12 bits per heavy atom. The lowest BCUT2D eigenvalue weighted by molar-refractivity contribution is 0.0374. The monoisotopic (exact) mass is 484 g/mol. The molecule has 0 aliphatic carbocycles. The van der Waals surface area contributed by atoms with Crippen LogP contribution in [0.25, 0.3) is 16.9 Å². The van der Waals surface area contributed by atoms with E-state index in [1.54, 1.807) is 37.1 Å². The number of aromatic nitrogens is 2. The molecule has 1 aliphatic heterocycles.